The molecular weight excluding hydrogens is 422 g/mol. The SMILES string of the molecule is Cc1ccc(-c2cncc(-c3cc(N4CCN(CCO)CC4)nc(-c4ccccc4)n3)c2)cc1. The molecule has 1 aliphatic rings. The molecule has 0 bridgehead atoms. The minimum absolute atomic E-state index is 0.195. The highest BCUT2D eigenvalue weighted by molar-refractivity contribution is 5.73. The number of pyridine rings is 1. The lowest BCUT2D eigenvalue weighted by Crippen LogP contribution is -2.47. The van der Waals surface area contributed by atoms with E-state index in [1.165, 1.54) is 5.56 Å². The number of aliphatic hydroxyl groups is 1. The number of hydrogen-bond donors (Lipinski definition) is 1. The molecule has 2 aromatic carbocycles. The smallest absolute Gasteiger partial charge is 0.162 e. The van der Waals surface area contributed by atoms with Crippen LogP contribution >= 0.6 is 0 Å². The molecule has 0 amide bonds. The summed E-state index contributed by atoms with van der Waals surface area (Å²) in [6.45, 7) is 6.56. The van der Waals surface area contributed by atoms with E-state index >= 15 is 0 Å². The minimum atomic E-state index is 0.195. The summed E-state index contributed by atoms with van der Waals surface area (Å²) in [5.41, 5.74) is 6.27. The van der Waals surface area contributed by atoms with Gasteiger partial charge in [0.25, 0.3) is 0 Å². The van der Waals surface area contributed by atoms with E-state index in [9.17, 15) is 5.11 Å². The van der Waals surface area contributed by atoms with Gasteiger partial charge < -0.3 is 10.0 Å². The summed E-state index contributed by atoms with van der Waals surface area (Å²) in [7, 11) is 0. The first-order valence-corrected chi connectivity index (χ1v) is 11.7. The zero-order valence-corrected chi connectivity index (χ0v) is 19.4. The zero-order valence-electron chi connectivity index (χ0n) is 19.4. The molecule has 0 spiro atoms. The lowest BCUT2D eigenvalue weighted by atomic mass is 10.0. The first-order chi connectivity index (χ1) is 16.7. The summed E-state index contributed by atoms with van der Waals surface area (Å²) < 4.78 is 0. The highest BCUT2D eigenvalue weighted by Crippen LogP contribution is 2.29. The maximum absolute atomic E-state index is 9.26. The molecule has 2 aromatic heterocycles. The number of nitrogens with zero attached hydrogens (tertiary/aromatic N) is 5. The summed E-state index contributed by atoms with van der Waals surface area (Å²) in [6.07, 6.45) is 3.77. The molecular formula is C28H29N5O. The van der Waals surface area contributed by atoms with Gasteiger partial charge in [0, 0.05) is 67.9 Å². The van der Waals surface area contributed by atoms with Crippen molar-refractivity contribution in [2.45, 2.75) is 6.92 Å². The van der Waals surface area contributed by atoms with Crippen LogP contribution in [0.5, 0.6) is 0 Å². The number of hydrogen-bond acceptors (Lipinski definition) is 6. The molecule has 6 heteroatoms. The van der Waals surface area contributed by atoms with E-state index in [-0.39, 0.29) is 6.61 Å². The molecule has 0 radical (unpaired) electrons. The molecule has 1 saturated heterocycles. The number of aryl methyl sites for hydroxylation is 1. The minimum Gasteiger partial charge on any atom is -0.395 e. The molecule has 1 N–H and O–H groups in total. The molecule has 0 atom stereocenters. The fraction of sp³-hybridized carbons (Fsp3) is 0.250. The van der Waals surface area contributed by atoms with E-state index in [4.69, 9.17) is 9.97 Å². The van der Waals surface area contributed by atoms with Crippen LogP contribution in [-0.2, 0) is 0 Å². The first kappa shape index (κ1) is 22.2. The molecule has 34 heavy (non-hydrogen) atoms. The van der Waals surface area contributed by atoms with Gasteiger partial charge in [-0.2, -0.15) is 0 Å². The first-order valence-electron chi connectivity index (χ1n) is 11.7. The van der Waals surface area contributed by atoms with E-state index in [1.807, 2.05) is 42.7 Å². The van der Waals surface area contributed by atoms with Crippen molar-refractivity contribution in [2.24, 2.45) is 0 Å². The van der Waals surface area contributed by atoms with Crippen LogP contribution in [0.1, 0.15) is 5.56 Å². The molecule has 1 aliphatic heterocycles. The zero-order chi connectivity index (χ0) is 23.3. The van der Waals surface area contributed by atoms with Crippen LogP contribution in [0.3, 0.4) is 0 Å². The maximum atomic E-state index is 9.26. The van der Waals surface area contributed by atoms with Crippen molar-refractivity contribution in [1.82, 2.24) is 19.9 Å². The number of anilines is 1. The second-order valence-corrected chi connectivity index (χ2v) is 8.68. The summed E-state index contributed by atoms with van der Waals surface area (Å²) in [6, 6.07) is 22.8. The van der Waals surface area contributed by atoms with Crippen molar-refractivity contribution in [1.29, 1.82) is 0 Å². The van der Waals surface area contributed by atoms with Crippen LogP contribution in [-0.4, -0.2) is 64.3 Å². The van der Waals surface area contributed by atoms with Crippen LogP contribution in [0, 0.1) is 6.92 Å². The molecule has 3 heterocycles. The molecule has 0 unspecified atom stereocenters. The van der Waals surface area contributed by atoms with Crippen molar-refractivity contribution < 1.29 is 5.11 Å². The topological polar surface area (TPSA) is 65.4 Å². The Bertz CT molecular complexity index is 1240. The molecule has 6 nitrogen and oxygen atoms in total. The number of β-amino-alcohol motifs (C(OH)–C–C–N with tert-alkyl or cyclic N) is 1. The maximum Gasteiger partial charge on any atom is 0.162 e. The van der Waals surface area contributed by atoms with Crippen LogP contribution in [0.25, 0.3) is 33.8 Å². The third-order valence-electron chi connectivity index (χ3n) is 6.28. The molecule has 1 fully saturated rings. The summed E-state index contributed by atoms with van der Waals surface area (Å²) in [4.78, 5) is 19.0. The van der Waals surface area contributed by atoms with Gasteiger partial charge in [0.15, 0.2) is 5.82 Å². The van der Waals surface area contributed by atoms with Crippen molar-refractivity contribution >= 4 is 5.82 Å². The Morgan fingerprint density at radius 1 is 0.765 bits per heavy atom. The largest absolute Gasteiger partial charge is 0.395 e. The monoisotopic (exact) mass is 451 g/mol. The predicted molar refractivity (Wildman–Crippen MR) is 137 cm³/mol. The standard InChI is InChI=1S/C28H29N5O/c1-21-7-9-22(10-8-21)24-17-25(20-29-19-24)26-18-27(33-13-11-32(12-14-33)15-16-34)31-28(30-26)23-5-3-2-4-6-23/h2-10,17-20,34H,11-16H2,1H3. The van der Waals surface area contributed by atoms with Gasteiger partial charge in [-0.05, 0) is 18.6 Å². The molecule has 172 valence electrons. The molecule has 5 rings (SSSR count). The average molecular weight is 452 g/mol. The molecule has 4 aromatic rings. The summed E-state index contributed by atoms with van der Waals surface area (Å²) in [5.74, 6) is 1.64. The lowest BCUT2D eigenvalue weighted by molar-refractivity contribution is 0.188. The average Bonchev–Trinajstić information content (AvgIpc) is 2.90. The fourth-order valence-corrected chi connectivity index (χ4v) is 4.29. The Kier molecular flexibility index (Phi) is 6.60. The Hall–Kier alpha value is -3.61. The van der Waals surface area contributed by atoms with Gasteiger partial charge in [-0.25, -0.2) is 9.97 Å². The van der Waals surface area contributed by atoms with Gasteiger partial charge >= 0.3 is 0 Å². The number of benzene rings is 2. The second kappa shape index (κ2) is 10.1. The third kappa shape index (κ3) is 4.98. The predicted octanol–water partition coefficient (Wildman–Crippen LogP) is 4.30. The third-order valence-corrected chi connectivity index (χ3v) is 6.28. The number of aliphatic hydroxyl groups excluding tert-OH is 1. The lowest BCUT2D eigenvalue weighted by Gasteiger charge is -2.35. The van der Waals surface area contributed by atoms with Gasteiger partial charge in [0.05, 0.1) is 12.3 Å². The van der Waals surface area contributed by atoms with Crippen molar-refractivity contribution in [3.8, 4) is 33.8 Å². The number of rotatable bonds is 6. The molecule has 0 saturated carbocycles. The fourth-order valence-electron chi connectivity index (χ4n) is 4.29. The number of piperazine rings is 1. The highest BCUT2D eigenvalue weighted by Gasteiger charge is 2.20. The Labute approximate surface area is 200 Å². The van der Waals surface area contributed by atoms with E-state index in [0.29, 0.717) is 5.82 Å². The van der Waals surface area contributed by atoms with Crippen LogP contribution in [0.2, 0.25) is 0 Å². The van der Waals surface area contributed by atoms with Gasteiger partial charge in [-0.1, -0.05) is 60.2 Å². The van der Waals surface area contributed by atoms with E-state index in [2.05, 4.69) is 58.1 Å². The molecule has 0 aliphatic carbocycles. The van der Waals surface area contributed by atoms with E-state index in [0.717, 1.165) is 66.5 Å². The van der Waals surface area contributed by atoms with Gasteiger partial charge in [0.2, 0.25) is 0 Å². The second-order valence-electron chi connectivity index (χ2n) is 8.68. The quantitative estimate of drug-likeness (QED) is 0.472. The van der Waals surface area contributed by atoms with E-state index < -0.39 is 0 Å². The highest BCUT2D eigenvalue weighted by atomic mass is 16.3. The number of aromatic nitrogens is 3. The van der Waals surface area contributed by atoms with Gasteiger partial charge in [-0.3, -0.25) is 9.88 Å². The normalized spacial score (nSPS) is 14.4. The Balaban J connectivity index is 1.52. The van der Waals surface area contributed by atoms with Crippen molar-refractivity contribution in [2.75, 3.05) is 44.2 Å². The van der Waals surface area contributed by atoms with Crippen molar-refractivity contribution in [3.63, 3.8) is 0 Å². The van der Waals surface area contributed by atoms with Crippen LogP contribution in [0.4, 0.5) is 5.82 Å². The van der Waals surface area contributed by atoms with Crippen LogP contribution < -0.4 is 4.90 Å². The van der Waals surface area contributed by atoms with Gasteiger partial charge in [0.1, 0.15) is 5.82 Å². The van der Waals surface area contributed by atoms with E-state index in [1.54, 1.807) is 0 Å². The van der Waals surface area contributed by atoms with Crippen molar-refractivity contribution in [3.05, 3.63) is 84.7 Å². The Morgan fingerprint density at radius 2 is 1.50 bits per heavy atom. The summed E-state index contributed by atoms with van der Waals surface area (Å²) >= 11 is 0. The van der Waals surface area contributed by atoms with Gasteiger partial charge in [-0.15, -0.1) is 0 Å². The Morgan fingerprint density at radius 3 is 2.24 bits per heavy atom. The van der Waals surface area contributed by atoms with Crippen LogP contribution in [0.15, 0.2) is 79.1 Å². The summed E-state index contributed by atoms with van der Waals surface area (Å²) in [5, 5.41) is 9.26.